The fourth-order valence-electron chi connectivity index (χ4n) is 3.20. The largest absolute Gasteiger partial charge is 0.466 e. The minimum Gasteiger partial charge on any atom is -0.466 e. The maximum atomic E-state index is 12.8. The molecule has 1 amide bonds. The van der Waals surface area contributed by atoms with E-state index in [0.29, 0.717) is 35.9 Å². The average molecular weight is 391 g/mol. The Hall–Kier alpha value is -2.16. The normalized spacial score (nSPS) is 16.4. The Balaban J connectivity index is 1.69. The van der Waals surface area contributed by atoms with E-state index in [-0.39, 0.29) is 10.8 Å². The van der Waals surface area contributed by atoms with E-state index in [4.69, 9.17) is 4.42 Å². The molecule has 2 heterocycles. The molecule has 1 aliphatic heterocycles. The zero-order valence-electron chi connectivity index (χ0n) is 15.9. The first-order valence-electron chi connectivity index (χ1n) is 9.02. The third-order valence-electron chi connectivity index (χ3n) is 4.81. The number of hydrogen-bond acceptors (Lipinski definition) is 5. The molecule has 1 aliphatic rings. The van der Waals surface area contributed by atoms with Crippen LogP contribution in [0.1, 0.15) is 28.8 Å². The fourth-order valence-corrected chi connectivity index (χ4v) is 4.62. The van der Waals surface area contributed by atoms with Crippen LogP contribution in [0, 0.1) is 13.8 Å². The van der Waals surface area contributed by atoms with Gasteiger partial charge in [0.15, 0.2) is 0 Å². The number of furan rings is 1. The van der Waals surface area contributed by atoms with E-state index in [1.807, 2.05) is 0 Å². The van der Waals surface area contributed by atoms with E-state index in [9.17, 15) is 13.2 Å². The number of piperazine rings is 1. The van der Waals surface area contributed by atoms with Gasteiger partial charge in [0.2, 0.25) is 10.0 Å². The molecule has 146 valence electrons. The molecule has 0 bridgehead atoms. The number of rotatable bonds is 5. The van der Waals surface area contributed by atoms with Crippen molar-refractivity contribution < 1.29 is 17.6 Å². The Kier molecular flexibility index (Phi) is 5.69. The fraction of sp³-hybridized carbons (Fsp3) is 0.421. The predicted octanol–water partition coefficient (Wildman–Crippen LogP) is 2.47. The van der Waals surface area contributed by atoms with E-state index in [2.05, 4.69) is 17.1 Å². The van der Waals surface area contributed by atoms with Crippen molar-refractivity contribution in [2.24, 2.45) is 0 Å². The van der Waals surface area contributed by atoms with Crippen LogP contribution >= 0.6 is 0 Å². The van der Waals surface area contributed by atoms with Gasteiger partial charge < -0.3 is 14.6 Å². The zero-order valence-corrected chi connectivity index (χ0v) is 16.7. The lowest BCUT2D eigenvalue weighted by Gasteiger charge is -2.33. The van der Waals surface area contributed by atoms with Gasteiger partial charge in [0.1, 0.15) is 11.5 Å². The molecule has 0 radical (unpaired) electrons. The van der Waals surface area contributed by atoms with Crippen LogP contribution < -0.4 is 5.32 Å². The SMILES string of the molecule is CCN1CCN(S(=O)(=O)c2ccc(NC(=O)c3cc(C)oc3C)cc2)CC1. The van der Waals surface area contributed by atoms with Crippen LogP contribution in [0.15, 0.2) is 39.6 Å². The number of benzene rings is 1. The van der Waals surface area contributed by atoms with E-state index in [1.54, 1.807) is 32.0 Å². The lowest BCUT2D eigenvalue weighted by atomic mass is 10.2. The molecule has 7 nitrogen and oxygen atoms in total. The van der Waals surface area contributed by atoms with E-state index in [1.165, 1.54) is 16.4 Å². The molecular weight excluding hydrogens is 366 g/mol. The van der Waals surface area contributed by atoms with Crippen LogP contribution in [-0.4, -0.2) is 56.3 Å². The Bertz CT molecular complexity index is 911. The summed E-state index contributed by atoms with van der Waals surface area (Å²) >= 11 is 0. The van der Waals surface area contributed by atoms with Crippen LogP contribution in [0.2, 0.25) is 0 Å². The summed E-state index contributed by atoms with van der Waals surface area (Å²) in [7, 11) is -3.52. The molecule has 0 saturated carbocycles. The highest BCUT2D eigenvalue weighted by Gasteiger charge is 2.28. The zero-order chi connectivity index (χ0) is 19.6. The first-order chi connectivity index (χ1) is 12.8. The number of likely N-dealkylation sites (N-methyl/N-ethyl adjacent to an activating group) is 1. The Morgan fingerprint density at radius 2 is 1.74 bits per heavy atom. The lowest BCUT2D eigenvalue weighted by Crippen LogP contribution is -2.48. The molecule has 1 aromatic carbocycles. The molecule has 27 heavy (non-hydrogen) atoms. The number of aryl methyl sites for hydroxylation is 2. The van der Waals surface area contributed by atoms with Crippen LogP contribution in [0.25, 0.3) is 0 Å². The van der Waals surface area contributed by atoms with Crippen molar-refractivity contribution in [2.75, 3.05) is 38.0 Å². The van der Waals surface area contributed by atoms with E-state index in [0.717, 1.165) is 19.6 Å². The molecule has 2 aromatic rings. The number of sulfonamides is 1. The Morgan fingerprint density at radius 1 is 1.11 bits per heavy atom. The molecule has 0 unspecified atom stereocenters. The maximum absolute atomic E-state index is 12.8. The number of carbonyl (C=O) groups excluding carboxylic acids is 1. The number of anilines is 1. The average Bonchev–Trinajstić information content (AvgIpc) is 3.00. The Morgan fingerprint density at radius 3 is 2.26 bits per heavy atom. The van der Waals surface area contributed by atoms with Crippen molar-refractivity contribution >= 4 is 21.6 Å². The molecule has 1 fully saturated rings. The third kappa shape index (κ3) is 4.23. The molecule has 0 spiro atoms. The molecular formula is C19H25N3O4S. The second-order valence-corrected chi connectivity index (χ2v) is 8.58. The summed E-state index contributed by atoms with van der Waals surface area (Å²) in [5.41, 5.74) is 1.01. The second kappa shape index (κ2) is 7.84. The topological polar surface area (TPSA) is 82.9 Å². The minimum atomic E-state index is -3.52. The summed E-state index contributed by atoms with van der Waals surface area (Å²) in [5, 5.41) is 2.77. The maximum Gasteiger partial charge on any atom is 0.259 e. The first kappa shape index (κ1) is 19.6. The number of nitrogens with one attached hydrogen (secondary N) is 1. The summed E-state index contributed by atoms with van der Waals surface area (Å²) in [5.74, 6) is 0.938. The standard InChI is InChI=1S/C19H25N3O4S/c1-4-21-9-11-22(12-10-21)27(24,25)17-7-5-16(6-8-17)20-19(23)18-13-14(2)26-15(18)3/h5-8,13H,4,9-12H2,1-3H3,(H,20,23). The molecule has 1 N–H and O–H groups in total. The number of amides is 1. The molecule has 3 rings (SSSR count). The van der Waals surface area contributed by atoms with Gasteiger partial charge in [-0.25, -0.2) is 8.42 Å². The molecule has 1 aromatic heterocycles. The quantitative estimate of drug-likeness (QED) is 0.847. The number of carbonyl (C=O) groups is 1. The van der Waals surface area contributed by atoms with Crippen LogP contribution in [0.3, 0.4) is 0 Å². The van der Waals surface area contributed by atoms with Gasteiger partial charge in [0, 0.05) is 31.9 Å². The van der Waals surface area contributed by atoms with Gasteiger partial charge in [0.05, 0.1) is 10.5 Å². The first-order valence-corrected chi connectivity index (χ1v) is 10.5. The lowest BCUT2D eigenvalue weighted by molar-refractivity contribution is 0.102. The van der Waals surface area contributed by atoms with Crippen LogP contribution in [0.4, 0.5) is 5.69 Å². The number of nitrogens with zero attached hydrogens (tertiary/aromatic N) is 2. The predicted molar refractivity (Wildman–Crippen MR) is 103 cm³/mol. The summed E-state index contributed by atoms with van der Waals surface area (Å²) < 4.78 is 32.5. The third-order valence-corrected chi connectivity index (χ3v) is 6.73. The van der Waals surface area contributed by atoms with E-state index < -0.39 is 10.0 Å². The molecule has 0 aliphatic carbocycles. The van der Waals surface area contributed by atoms with Gasteiger partial charge in [0.25, 0.3) is 5.91 Å². The highest BCUT2D eigenvalue weighted by molar-refractivity contribution is 7.89. The minimum absolute atomic E-state index is 0.237. The summed E-state index contributed by atoms with van der Waals surface area (Å²) in [6, 6.07) is 7.96. The molecule has 0 atom stereocenters. The summed E-state index contributed by atoms with van der Waals surface area (Å²) in [4.78, 5) is 14.8. The van der Waals surface area contributed by atoms with Crippen molar-refractivity contribution in [2.45, 2.75) is 25.7 Å². The highest BCUT2D eigenvalue weighted by Crippen LogP contribution is 2.21. The van der Waals surface area contributed by atoms with Crippen molar-refractivity contribution in [1.82, 2.24) is 9.21 Å². The summed E-state index contributed by atoms with van der Waals surface area (Å²) in [6.07, 6.45) is 0. The van der Waals surface area contributed by atoms with E-state index >= 15 is 0 Å². The molecule has 1 saturated heterocycles. The van der Waals surface area contributed by atoms with Crippen molar-refractivity contribution in [3.63, 3.8) is 0 Å². The van der Waals surface area contributed by atoms with Crippen molar-refractivity contribution in [3.8, 4) is 0 Å². The van der Waals surface area contributed by atoms with Gasteiger partial charge >= 0.3 is 0 Å². The molecule has 8 heteroatoms. The van der Waals surface area contributed by atoms with Crippen LogP contribution in [-0.2, 0) is 10.0 Å². The van der Waals surface area contributed by atoms with Crippen molar-refractivity contribution in [1.29, 1.82) is 0 Å². The smallest absolute Gasteiger partial charge is 0.259 e. The van der Waals surface area contributed by atoms with Crippen molar-refractivity contribution in [3.05, 3.63) is 47.4 Å². The Labute approximate surface area is 160 Å². The summed E-state index contributed by atoms with van der Waals surface area (Å²) in [6.45, 7) is 8.99. The van der Waals surface area contributed by atoms with Gasteiger partial charge in [-0.3, -0.25) is 4.79 Å². The van der Waals surface area contributed by atoms with Gasteiger partial charge in [-0.15, -0.1) is 0 Å². The highest BCUT2D eigenvalue weighted by atomic mass is 32.2. The monoisotopic (exact) mass is 391 g/mol. The van der Waals surface area contributed by atoms with Gasteiger partial charge in [-0.1, -0.05) is 6.92 Å². The van der Waals surface area contributed by atoms with Gasteiger partial charge in [-0.05, 0) is 50.7 Å². The van der Waals surface area contributed by atoms with Crippen LogP contribution in [0.5, 0.6) is 0 Å². The number of hydrogen-bond donors (Lipinski definition) is 1. The van der Waals surface area contributed by atoms with Gasteiger partial charge in [-0.2, -0.15) is 4.31 Å². The second-order valence-electron chi connectivity index (χ2n) is 6.64.